The molecule has 0 heterocycles. The molecule has 0 saturated carbocycles. The van der Waals surface area contributed by atoms with E-state index in [-0.39, 0.29) is 0 Å². The maximum atomic E-state index is 8.97. The molecule has 0 aliphatic carbocycles. The molecule has 0 amide bonds. The van der Waals surface area contributed by atoms with Crippen LogP contribution in [-0.2, 0) is 17.4 Å². The Morgan fingerprint density at radius 1 is 2.00 bits per heavy atom. The molecule has 2 nitrogen and oxygen atoms in total. The Balaban J connectivity index is 2.80. The van der Waals surface area contributed by atoms with Crippen molar-refractivity contribution in [3.63, 3.8) is 0 Å². The summed E-state index contributed by atoms with van der Waals surface area (Å²) in [4.78, 5) is 8.97. The Kier molecular flexibility index (Phi) is 1.40. The van der Waals surface area contributed by atoms with E-state index in [1.54, 1.807) is 0 Å². The molecule has 0 bridgehead atoms. The number of rotatable bonds is 0. The van der Waals surface area contributed by atoms with Gasteiger partial charge in [0.25, 0.3) is 0 Å². The maximum absolute atomic E-state index is 8.97. The van der Waals surface area contributed by atoms with Crippen LogP contribution in [0.2, 0.25) is 0 Å². The van der Waals surface area contributed by atoms with E-state index in [2.05, 4.69) is 0 Å². The summed E-state index contributed by atoms with van der Waals surface area (Å²) in [6.45, 7) is 0. The van der Waals surface area contributed by atoms with Crippen molar-refractivity contribution >= 4 is 4.68 Å². The second kappa shape index (κ2) is 1.38. The van der Waals surface area contributed by atoms with E-state index in [0.717, 1.165) is 0 Å². The standard InChI is InChI=1S/CHO2.V/c2-1-3;/h(H,2,3);. The van der Waals surface area contributed by atoms with Crippen molar-refractivity contribution in [2.45, 2.75) is 0 Å². The fourth-order valence-electron chi connectivity index (χ4n) is 0. The Morgan fingerprint density at radius 2 is 2.00 bits per heavy atom. The van der Waals surface area contributed by atoms with E-state index in [9.17, 15) is 0 Å². The third kappa shape index (κ3) is 771. The van der Waals surface area contributed by atoms with Gasteiger partial charge in [-0.2, -0.15) is 0 Å². The predicted octanol–water partition coefficient (Wildman–Crippen LogP) is 0.211. The van der Waals surface area contributed by atoms with Crippen LogP contribution >= 0.6 is 0 Å². The first-order chi connectivity index (χ1) is 1.73. The quantitative estimate of drug-likeness (QED) is 0.468. The fourth-order valence-corrected chi connectivity index (χ4v) is 0. The van der Waals surface area contributed by atoms with E-state index < -0.39 is 4.68 Å². The van der Waals surface area contributed by atoms with Crippen LogP contribution in [-0.4, -0.2) is 9.79 Å². The van der Waals surface area contributed by atoms with Gasteiger partial charge >= 0.3 is 32.0 Å². The molecule has 0 radical (unpaired) electrons. The normalized spacial score (nSPS) is 6.00. The Hall–Kier alpha value is 0.0544. The monoisotopic (exact) mass is 95.9 g/mol. The summed E-state index contributed by atoms with van der Waals surface area (Å²) in [6, 6.07) is 0. The van der Waals surface area contributed by atoms with Crippen molar-refractivity contribution < 1.29 is 27.3 Å². The van der Waals surface area contributed by atoms with Crippen LogP contribution < -0.4 is 0 Å². The van der Waals surface area contributed by atoms with Gasteiger partial charge in [0, 0.05) is 0 Å². The first-order valence-corrected chi connectivity index (χ1v) is 1.35. The predicted molar refractivity (Wildman–Crippen MR) is 8.02 cm³/mol. The van der Waals surface area contributed by atoms with Crippen LogP contribution in [0, 0.1) is 0 Å². The molecule has 0 unspecified atom stereocenters. The van der Waals surface area contributed by atoms with Gasteiger partial charge in [-0.3, -0.25) is 0 Å². The summed E-state index contributed by atoms with van der Waals surface area (Å²) in [7, 11) is 0. The summed E-state index contributed by atoms with van der Waals surface area (Å²) in [5.41, 5.74) is 0. The van der Waals surface area contributed by atoms with Crippen molar-refractivity contribution in [2.24, 2.45) is 0 Å². The zero-order valence-electron chi connectivity index (χ0n) is 1.80. The number of hydrogen-bond donors (Lipinski definition) is 1. The van der Waals surface area contributed by atoms with Gasteiger partial charge in [0.1, 0.15) is 0 Å². The molecule has 1 N–H and O–H groups in total. The molecule has 3 heteroatoms. The molecule has 0 aromatic carbocycles. The van der Waals surface area contributed by atoms with Gasteiger partial charge in [-0.1, -0.05) is 0 Å². The zero-order chi connectivity index (χ0) is 3.58. The first kappa shape index (κ1) is 4.05. The molecule has 0 aromatic rings. The van der Waals surface area contributed by atoms with Crippen LogP contribution in [0.3, 0.4) is 0 Å². The number of carboxylic acid groups (broad SMARTS) is 1. The van der Waals surface area contributed by atoms with Gasteiger partial charge in [-0.25, -0.2) is 0 Å². The van der Waals surface area contributed by atoms with Gasteiger partial charge in [0.05, 0.1) is 0 Å². The fraction of sp³-hybridized carbons (Fsp3) is 0. The first-order valence-electron chi connectivity index (χ1n) is 0.651. The van der Waals surface area contributed by atoms with Gasteiger partial charge in [-0.05, 0) is 0 Å². The van der Waals surface area contributed by atoms with Crippen molar-refractivity contribution in [3.05, 3.63) is 0 Å². The van der Waals surface area contributed by atoms with Gasteiger partial charge in [0.2, 0.25) is 0 Å². The minimum absolute atomic E-state index is 0.896. The Labute approximate surface area is 32.8 Å². The molecular formula is CHO2V. The molecule has 0 rings (SSSR count). The third-order valence-corrected chi connectivity index (χ3v) is 0. The van der Waals surface area contributed by atoms with E-state index in [1.165, 1.54) is 17.4 Å². The second-order valence-corrected chi connectivity index (χ2v) is 0.880. The molecule has 22 valence electrons. The van der Waals surface area contributed by atoms with Crippen molar-refractivity contribution in [2.75, 3.05) is 0 Å². The number of carbonyl (C=O) groups is 1. The summed E-state index contributed by atoms with van der Waals surface area (Å²) in [6.07, 6.45) is 0. The topological polar surface area (TPSA) is 37.3 Å². The molecule has 0 fully saturated rings. The molecule has 4 heavy (non-hydrogen) atoms. The Bertz CT molecular complexity index is 29.0. The Morgan fingerprint density at radius 3 is 2.00 bits per heavy atom. The zero-order valence-corrected chi connectivity index (χ0v) is 3.20. The van der Waals surface area contributed by atoms with Crippen LogP contribution in [0.5, 0.6) is 0 Å². The molecule has 0 aliphatic heterocycles. The molecule has 0 spiro atoms. The van der Waals surface area contributed by atoms with Crippen LogP contribution in [0.1, 0.15) is 0 Å². The molecular weight excluding hydrogens is 95.0 g/mol. The van der Waals surface area contributed by atoms with E-state index in [0.29, 0.717) is 0 Å². The van der Waals surface area contributed by atoms with Gasteiger partial charge in [-0.15, -0.1) is 0 Å². The molecule has 0 aromatic heterocycles. The van der Waals surface area contributed by atoms with E-state index >= 15 is 0 Å². The van der Waals surface area contributed by atoms with Crippen molar-refractivity contribution in [1.29, 1.82) is 0 Å². The summed E-state index contributed by atoms with van der Waals surface area (Å²) in [5.74, 6) is 0. The summed E-state index contributed by atoms with van der Waals surface area (Å²) in [5, 5.41) is 7.39. The molecule has 0 saturated heterocycles. The molecule has 0 atom stereocenters. The van der Waals surface area contributed by atoms with Crippen molar-refractivity contribution in [1.82, 2.24) is 0 Å². The van der Waals surface area contributed by atoms with Crippen LogP contribution in [0.4, 0.5) is 4.79 Å². The third-order valence-electron chi connectivity index (χ3n) is 0. The van der Waals surface area contributed by atoms with E-state index in [4.69, 9.17) is 9.90 Å². The van der Waals surface area contributed by atoms with Crippen LogP contribution in [0.25, 0.3) is 0 Å². The van der Waals surface area contributed by atoms with E-state index in [1.807, 2.05) is 0 Å². The van der Waals surface area contributed by atoms with Crippen LogP contribution in [0.15, 0.2) is 0 Å². The summed E-state index contributed by atoms with van der Waals surface area (Å²) >= 11 is 1.45. The minimum atomic E-state index is -0.896. The summed E-state index contributed by atoms with van der Waals surface area (Å²) < 4.78 is -0.896. The van der Waals surface area contributed by atoms with Gasteiger partial charge in [0.15, 0.2) is 0 Å². The average molecular weight is 96.0 g/mol. The second-order valence-electron chi connectivity index (χ2n) is 0.283. The molecule has 0 aliphatic rings. The average Bonchev–Trinajstić information content (AvgIpc) is 0.811. The van der Waals surface area contributed by atoms with Gasteiger partial charge < -0.3 is 0 Å². The van der Waals surface area contributed by atoms with Crippen molar-refractivity contribution in [3.8, 4) is 0 Å². The SMILES string of the molecule is O=[C](O)[V]. The number of hydrogen-bond acceptors (Lipinski definition) is 1.